The van der Waals surface area contributed by atoms with Crippen molar-refractivity contribution < 1.29 is 0 Å². The van der Waals surface area contributed by atoms with Gasteiger partial charge in [-0.05, 0) is 73.4 Å². The minimum Gasteiger partial charge on any atom is -0.309 e. The first-order chi connectivity index (χ1) is 6.13. The van der Waals surface area contributed by atoms with Gasteiger partial charge in [0.1, 0.15) is 0 Å². The van der Waals surface area contributed by atoms with Gasteiger partial charge in [0.15, 0.2) is 0 Å². The summed E-state index contributed by atoms with van der Waals surface area (Å²) in [5.41, 5.74) is 0. The zero-order valence-electron chi connectivity index (χ0n) is 9.71. The van der Waals surface area contributed by atoms with E-state index in [1.807, 2.05) is 0 Å². The lowest BCUT2D eigenvalue weighted by molar-refractivity contribution is 0.389. The van der Waals surface area contributed by atoms with Crippen LogP contribution in [0, 0.1) is 6.42 Å². The molecule has 2 nitrogen and oxygen atoms in total. The first-order valence-electron chi connectivity index (χ1n) is 5.24. The molecule has 13 heavy (non-hydrogen) atoms. The maximum absolute atomic E-state index is 2.42. The molecule has 0 atom stereocenters. The van der Waals surface area contributed by atoms with Crippen LogP contribution in [0.15, 0.2) is 0 Å². The van der Waals surface area contributed by atoms with Crippen LogP contribution < -0.4 is 0 Å². The highest BCUT2D eigenvalue weighted by Gasteiger charge is 1.93. The summed E-state index contributed by atoms with van der Waals surface area (Å²) >= 11 is 0. The Hall–Kier alpha value is -0.0800. The van der Waals surface area contributed by atoms with E-state index in [0.717, 1.165) is 0 Å². The lowest BCUT2D eigenvalue weighted by Gasteiger charge is -2.10. The van der Waals surface area contributed by atoms with Crippen LogP contribution in [0.25, 0.3) is 0 Å². The predicted octanol–water partition coefficient (Wildman–Crippen LogP) is 1.87. The molecular weight excluding hydrogens is 160 g/mol. The Morgan fingerprint density at radius 3 is 1.46 bits per heavy atom. The zero-order chi connectivity index (χ0) is 10.1. The fourth-order valence-corrected chi connectivity index (χ4v) is 1.25. The summed E-state index contributed by atoms with van der Waals surface area (Å²) in [6.45, 7) is 2.42. The van der Waals surface area contributed by atoms with Crippen molar-refractivity contribution in [2.24, 2.45) is 0 Å². The first-order valence-corrected chi connectivity index (χ1v) is 5.24. The van der Waals surface area contributed by atoms with Gasteiger partial charge in [0.2, 0.25) is 0 Å². The van der Waals surface area contributed by atoms with E-state index in [0.29, 0.717) is 0 Å². The molecule has 79 valence electrons. The van der Waals surface area contributed by atoms with Crippen LogP contribution in [0.4, 0.5) is 0 Å². The molecule has 0 spiro atoms. The Morgan fingerprint density at radius 2 is 1.15 bits per heavy atom. The molecule has 0 unspecified atom stereocenters. The van der Waals surface area contributed by atoms with Gasteiger partial charge >= 0.3 is 0 Å². The molecule has 0 aliphatic heterocycles. The lowest BCUT2D eigenvalue weighted by Crippen LogP contribution is -2.13. The quantitative estimate of drug-likeness (QED) is 0.533. The molecule has 0 aromatic rings. The van der Waals surface area contributed by atoms with Gasteiger partial charge in [-0.2, -0.15) is 0 Å². The van der Waals surface area contributed by atoms with Gasteiger partial charge < -0.3 is 9.80 Å². The summed E-state index contributed by atoms with van der Waals surface area (Å²) in [6, 6.07) is 0. The fraction of sp³-hybridized carbons (Fsp3) is 0.909. The monoisotopic (exact) mass is 185 g/mol. The van der Waals surface area contributed by atoms with Crippen LogP contribution in [0.1, 0.15) is 25.7 Å². The van der Waals surface area contributed by atoms with E-state index in [1.54, 1.807) is 0 Å². The van der Waals surface area contributed by atoms with E-state index >= 15 is 0 Å². The van der Waals surface area contributed by atoms with Crippen molar-refractivity contribution in [2.45, 2.75) is 25.7 Å². The smallest absolute Gasteiger partial charge is 0.00247 e. The van der Waals surface area contributed by atoms with Crippen LogP contribution >= 0.6 is 0 Å². The molecule has 0 aliphatic rings. The van der Waals surface area contributed by atoms with Crippen LogP contribution in [0.5, 0.6) is 0 Å². The fourth-order valence-electron chi connectivity index (χ4n) is 1.25. The molecule has 0 rings (SSSR count). The van der Waals surface area contributed by atoms with Crippen molar-refractivity contribution in [3.05, 3.63) is 6.42 Å². The van der Waals surface area contributed by atoms with E-state index in [1.165, 1.54) is 38.8 Å². The molecule has 0 aliphatic carbocycles. The van der Waals surface area contributed by atoms with Crippen LogP contribution in [0.2, 0.25) is 0 Å². The van der Waals surface area contributed by atoms with E-state index in [4.69, 9.17) is 0 Å². The average molecular weight is 185 g/mol. The van der Waals surface area contributed by atoms with Crippen molar-refractivity contribution in [3.63, 3.8) is 0 Å². The highest BCUT2D eigenvalue weighted by Crippen LogP contribution is 2.02. The second-order valence-electron chi connectivity index (χ2n) is 4.18. The summed E-state index contributed by atoms with van der Waals surface area (Å²) in [4.78, 5) is 4.49. The maximum atomic E-state index is 2.42. The third-order valence-corrected chi connectivity index (χ3v) is 2.03. The number of unbranched alkanes of at least 4 members (excludes halogenated alkanes) is 4. The van der Waals surface area contributed by atoms with Gasteiger partial charge in [0.05, 0.1) is 0 Å². The van der Waals surface area contributed by atoms with E-state index in [9.17, 15) is 0 Å². The summed E-state index contributed by atoms with van der Waals surface area (Å²) in [6.07, 6.45) is 7.56. The number of nitrogens with zero attached hydrogens (tertiary/aromatic N) is 2. The molecule has 0 saturated heterocycles. The van der Waals surface area contributed by atoms with Crippen molar-refractivity contribution in [2.75, 3.05) is 41.3 Å². The minimum atomic E-state index is 1.21. The maximum Gasteiger partial charge on any atom is -0.00247 e. The third-order valence-electron chi connectivity index (χ3n) is 2.03. The van der Waals surface area contributed by atoms with Gasteiger partial charge in [0.25, 0.3) is 0 Å². The highest BCUT2D eigenvalue weighted by atomic mass is 15.0. The van der Waals surface area contributed by atoms with Crippen LogP contribution in [-0.2, 0) is 0 Å². The molecule has 1 radical (unpaired) electrons. The van der Waals surface area contributed by atoms with Crippen molar-refractivity contribution in [1.29, 1.82) is 0 Å². The van der Waals surface area contributed by atoms with Crippen molar-refractivity contribution >= 4 is 0 Å². The first kappa shape index (κ1) is 12.9. The van der Waals surface area contributed by atoms with Gasteiger partial charge in [-0.3, -0.25) is 0 Å². The Bertz CT molecular complexity index is 88.3. The average Bonchev–Trinajstić information content (AvgIpc) is 2.01. The molecule has 0 N–H and O–H groups in total. The van der Waals surface area contributed by atoms with E-state index in [2.05, 4.69) is 44.4 Å². The van der Waals surface area contributed by atoms with Gasteiger partial charge in [0, 0.05) is 0 Å². The molecule has 2 heteroatoms. The Kier molecular flexibility index (Phi) is 8.46. The van der Waals surface area contributed by atoms with E-state index < -0.39 is 0 Å². The minimum absolute atomic E-state index is 1.21. The lowest BCUT2D eigenvalue weighted by atomic mass is 10.1. The molecule has 0 heterocycles. The molecule has 0 bridgehead atoms. The molecule has 0 saturated carbocycles. The Labute approximate surface area is 83.9 Å². The Balaban J connectivity index is 2.92. The van der Waals surface area contributed by atoms with Crippen molar-refractivity contribution in [1.82, 2.24) is 9.80 Å². The topological polar surface area (TPSA) is 6.48 Å². The zero-order valence-corrected chi connectivity index (χ0v) is 9.71. The van der Waals surface area contributed by atoms with Gasteiger partial charge in [-0.1, -0.05) is 0 Å². The molecule has 0 amide bonds. The summed E-state index contributed by atoms with van der Waals surface area (Å²) < 4.78 is 0. The second kappa shape index (κ2) is 8.52. The second-order valence-corrected chi connectivity index (χ2v) is 4.18. The standard InChI is InChI=1S/C11H25N2/c1-12(2)10-8-6-5-7-9-11-13(3)4/h5H,6-11H2,1-4H3. The van der Waals surface area contributed by atoms with Crippen LogP contribution in [0.3, 0.4) is 0 Å². The number of rotatable bonds is 8. The van der Waals surface area contributed by atoms with Crippen molar-refractivity contribution in [3.8, 4) is 0 Å². The van der Waals surface area contributed by atoms with Crippen LogP contribution in [-0.4, -0.2) is 51.1 Å². The number of hydrogen-bond acceptors (Lipinski definition) is 2. The SMILES string of the molecule is CN(C)CCC[CH]CCCN(C)C. The molecule has 0 aromatic carbocycles. The summed E-state index contributed by atoms with van der Waals surface area (Å²) in [5.74, 6) is 0. The predicted molar refractivity (Wildman–Crippen MR) is 59.9 cm³/mol. The largest absolute Gasteiger partial charge is 0.309 e. The third kappa shape index (κ3) is 11.9. The molecule has 0 aromatic heterocycles. The van der Waals surface area contributed by atoms with Gasteiger partial charge in [-0.15, -0.1) is 0 Å². The highest BCUT2D eigenvalue weighted by molar-refractivity contribution is 4.65. The summed E-state index contributed by atoms with van der Waals surface area (Å²) in [5, 5.41) is 0. The normalized spacial score (nSPS) is 11.5. The van der Waals surface area contributed by atoms with E-state index in [-0.39, 0.29) is 0 Å². The summed E-state index contributed by atoms with van der Waals surface area (Å²) in [7, 11) is 8.52. The number of hydrogen-bond donors (Lipinski definition) is 0. The van der Waals surface area contributed by atoms with Gasteiger partial charge in [-0.25, -0.2) is 0 Å². The molecule has 0 fully saturated rings. The Morgan fingerprint density at radius 1 is 0.769 bits per heavy atom. The molecular formula is C11H25N2.